The summed E-state index contributed by atoms with van der Waals surface area (Å²) in [6.07, 6.45) is 1.97. The SMILES string of the molecule is Cc1nc(C)c([C@H](OC(C)(C)C)C(=O)O)c(N2CCC(C)(C)CC2)c1-c1ccc2c(c1)CCN(Cc1cccc(C(C)C)c1)C2. The molecule has 3 aromatic rings. The lowest BCUT2D eigenvalue weighted by Gasteiger charge is -2.41. The summed E-state index contributed by atoms with van der Waals surface area (Å²) in [6.45, 7) is 23.5. The molecule has 6 heteroatoms. The van der Waals surface area contributed by atoms with Crippen LogP contribution in [0.25, 0.3) is 11.1 Å². The zero-order valence-corrected chi connectivity index (χ0v) is 29.0. The lowest BCUT2D eigenvalue weighted by atomic mass is 9.81. The predicted molar refractivity (Wildman–Crippen MR) is 184 cm³/mol. The maximum absolute atomic E-state index is 12.8. The number of benzene rings is 2. The highest BCUT2D eigenvalue weighted by molar-refractivity contribution is 5.88. The molecule has 2 aromatic carbocycles. The molecule has 2 aliphatic rings. The van der Waals surface area contributed by atoms with E-state index < -0.39 is 17.7 Å². The number of aliphatic carboxylic acids is 1. The number of hydrogen-bond donors (Lipinski definition) is 1. The maximum atomic E-state index is 12.8. The van der Waals surface area contributed by atoms with E-state index in [4.69, 9.17) is 9.72 Å². The molecule has 1 N–H and O–H groups in total. The van der Waals surface area contributed by atoms with Crippen LogP contribution >= 0.6 is 0 Å². The average molecular weight is 612 g/mol. The van der Waals surface area contributed by atoms with Crippen molar-refractivity contribution in [2.45, 2.75) is 112 Å². The van der Waals surface area contributed by atoms with Crippen molar-refractivity contribution in [1.29, 1.82) is 0 Å². The number of ether oxygens (including phenoxy) is 1. The van der Waals surface area contributed by atoms with Crippen LogP contribution < -0.4 is 4.90 Å². The van der Waals surface area contributed by atoms with Crippen LogP contribution in [-0.4, -0.2) is 46.2 Å². The van der Waals surface area contributed by atoms with Crippen molar-refractivity contribution in [3.05, 3.63) is 81.7 Å². The standard InChI is InChI=1S/C39H53N3O3/c1-25(2)29-12-10-11-28(21-29)23-41-18-15-30-22-31(13-14-32(30)24-41)33-26(3)40-27(4)34(36(37(43)44)45-38(5,6)7)35(33)42-19-16-39(8,9)17-20-42/h10-14,21-22,25,36H,15-20,23-24H2,1-9H3,(H,43,44)/t36-/m0/s1. The fourth-order valence-corrected chi connectivity index (χ4v) is 6.97. The van der Waals surface area contributed by atoms with Gasteiger partial charge in [0, 0.05) is 55.2 Å². The minimum absolute atomic E-state index is 0.260. The molecule has 0 amide bonds. The molecular weight excluding hydrogens is 558 g/mol. The van der Waals surface area contributed by atoms with Gasteiger partial charge < -0.3 is 14.7 Å². The van der Waals surface area contributed by atoms with Gasteiger partial charge in [0.15, 0.2) is 6.10 Å². The molecule has 45 heavy (non-hydrogen) atoms. The van der Waals surface area contributed by atoms with E-state index in [0.717, 1.165) is 80.2 Å². The number of nitrogens with zero attached hydrogens (tertiary/aromatic N) is 3. The van der Waals surface area contributed by atoms with Gasteiger partial charge in [-0.15, -0.1) is 0 Å². The van der Waals surface area contributed by atoms with E-state index in [0.29, 0.717) is 11.5 Å². The molecular formula is C39H53N3O3. The molecule has 0 unspecified atom stereocenters. The molecule has 0 saturated carbocycles. The highest BCUT2D eigenvalue weighted by Crippen LogP contribution is 2.45. The van der Waals surface area contributed by atoms with Crippen LogP contribution in [0.3, 0.4) is 0 Å². The second-order valence-corrected chi connectivity index (χ2v) is 15.4. The highest BCUT2D eigenvalue weighted by atomic mass is 16.5. The van der Waals surface area contributed by atoms with Gasteiger partial charge in [-0.25, -0.2) is 4.79 Å². The van der Waals surface area contributed by atoms with Crippen LogP contribution in [0, 0.1) is 19.3 Å². The minimum atomic E-state index is -1.11. The zero-order valence-electron chi connectivity index (χ0n) is 29.0. The van der Waals surface area contributed by atoms with Gasteiger partial charge in [-0.2, -0.15) is 0 Å². The van der Waals surface area contributed by atoms with Gasteiger partial charge in [0.1, 0.15) is 0 Å². The Balaban J connectivity index is 1.54. The maximum Gasteiger partial charge on any atom is 0.337 e. The topological polar surface area (TPSA) is 65.9 Å². The number of aromatic nitrogens is 1. The van der Waals surface area contributed by atoms with Crippen LogP contribution in [0.15, 0.2) is 42.5 Å². The number of hydrogen-bond acceptors (Lipinski definition) is 5. The van der Waals surface area contributed by atoms with Gasteiger partial charge in [-0.1, -0.05) is 70.2 Å². The summed E-state index contributed by atoms with van der Waals surface area (Å²) >= 11 is 0. The van der Waals surface area contributed by atoms with E-state index in [1.165, 1.54) is 22.3 Å². The second-order valence-electron chi connectivity index (χ2n) is 15.4. The Kier molecular flexibility index (Phi) is 9.49. The Morgan fingerprint density at radius 2 is 1.71 bits per heavy atom. The molecule has 0 aliphatic carbocycles. The first-order valence-corrected chi connectivity index (χ1v) is 16.7. The first-order valence-electron chi connectivity index (χ1n) is 16.7. The molecule has 5 rings (SSSR count). The summed E-state index contributed by atoms with van der Waals surface area (Å²) in [5.41, 5.74) is 10.6. The summed E-state index contributed by atoms with van der Waals surface area (Å²) in [5.74, 6) is -0.453. The van der Waals surface area contributed by atoms with E-state index in [2.05, 4.69) is 86.9 Å². The number of fused-ring (bicyclic) bond motifs is 1. The largest absolute Gasteiger partial charge is 0.479 e. The van der Waals surface area contributed by atoms with Crippen LogP contribution in [0.1, 0.15) is 113 Å². The Labute approximate surface area is 270 Å². The second kappa shape index (κ2) is 12.9. The highest BCUT2D eigenvalue weighted by Gasteiger charge is 2.36. The summed E-state index contributed by atoms with van der Waals surface area (Å²) in [4.78, 5) is 22.8. The number of carbonyl (C=O) groups is 1. The molecule has 0 radical (unpaired) electrons. The Morgan fingerprint density at radius 3 is 2.36 bits per heavy atom. The molecule has 1 saturated heterocycles. The molecule has 1 aromatic heterocycles. The van der Waals surface area contributed by atoms with Crippen molar-refractivity contribution in [3.8, 4) is 11.1 Å². The number of anilines is 1. The summed E-state index contributed by atoms with van der Waals surface area (Å²) in [5, 5.41) is 10.5. The first kappa shape index (κ1) is 33.2. The number of aryl methyl sites for hydroxylation is 2. The Bertz CT molecular complexity index is 1540. The third-order valence-corrected chi connectivity index (χ3v) is 9.58. The third-order valence-electron chi connectivity index (χ3n) is 9.58. The zero-order chi connectivity index (χ0) is 32.7. The van der Waals surface area contributed by atoms with Gasteiger partial charge >= 0.3 is 5.97 Å². The molecule has 0 bridgehead atoms. The molecule has 1 atom stereocenters. The van der Waals surface area contributed by atoms with Gasteiger partial charge in [0.25, 0.3) is 0 Å². The van der Waals surface area contributed by atoms with E-state index in [-0.39, 0.29) is 5.41 Å². The van der Waals surface area contributed by atoms with Crippen molar-refractivity contribution in [1.82, 2.24) is 9.88 Å². The summed E-state index contributed by atoms with van der Waals surface area (Å²) in [7, 11) is 0. The van der Waals surface area contributed by atoms with E-state index in [1.807, 2.05) is 27.7 Å². The van der Waals surface area contributed by atoms with E-state index in [1.54, 1.807) is 0 Å². The molecule has 2 aliphatic heterocycles. The molecule has 242 valence electrons. The monoisotopic (exact) mass is 611 g/mol. The average Bonchev–Trinajstić information content (AvgIpc) is 2.95. The molecule has 0 spiro atoms. The lowest BCUT2D eigenvalue weighted by Crippen LogP contribution is -2.39. The molecule has 3 heterocycles. The lowest BCUT2D eigenvalue weighted by molar-refractivity contribution is -0.160. The van der Waals surface area contributed by atoms with E-state index in [9.17, 15) is 9.90 Å². The predicted octanol–water partition coefficient (Wildman–Crippen LogP) is 8.61. The van der Waals surface area contributed by atoms with Crippen molar-refractivity contribution < 1.29 is 14.6 Å². The fourth-order valence-electron chi connectivity index (χ4n) is 6.97. The van der Waals surface area contributed by atoms with Crippen molar-refractivity contribution >= 4 is 11.7 Å². The van der Waals surface area contributed by atoms with Crippen LogP contribution in [-0.2, 0) is 29.0 Å². The van der Waals surface area contributed by atoms with Gasteiger partial charge in [-0.3, -0.25) is 9.88 Å². The number of piperidine rings is 1. The fraction of sp³-hybridized carbons (Fsp3) is 0.538. The number of pyridine rings is 1. The van der Waals surface area contributed by atoms with E-state index >= 15 is 0 Å². The Hall–Kier alpha value is -3.22. The number of rotatable bonds is 8. The third kappa shape index (κ3) is 7.61. The molecule has 1 fully saturated rings. The van der Waals surface area contributed by atoms with Gasteiger partial charge in [0.2, 0.25) is 0 Å². The van der Waals surface area contributed by atoms with Crippen LogP contribution in [0.2, 0.25) is 0 Å². The molecule has 6 nitrogen and oxygen atoms in total. The van der Waals surface area contributed by atoms with Crippen molar-refractivity contribution in [2.24, 2.45) is 5.41 Å². The van der Waals surface area contributed by atoms with Crippen molar-refractivity contribution in [2.75, 3.05) is 24.5 Å². The number of carboxylic acid groups (broad SMARTS) is 1. The Morgan fingerprint density at radius 1 is 1.00 bits per heavy atom. The van der Waals surface area contributed by atoms with Crippen LogP contribution in [0.4, 0.5) is 5.69 Å². The summed E-state index contributed by atoms with van der Waals surface area (Å²) < 4.78 is 6.27. The summed E-state index contributed by atoms with van der Waals surface area (Å²) in [6, 6.07) is 15.8. The minimum Gasteiger partial charge on any atom is -0.479 e. The quantitative estimate of drug-likeness (QED) is 0.275. The van der Waals surface area contributed by atoms with Gasteiger partial charge in [0.05, 0.1) is 11.3 Å². The first-order chi connectivity index (χ1) is 21.1. The number of carboxylic acids is 1. The normalized spacial score (nSPS) is 17.8. The van der Waals surface area contributed by atoms with Gasteiger partial charge in [-0.05, 0) is 93.0 Å². The van der Waals surface area contributed by atoms with Crippen molar-refractivity contribution in [3.63, 3.8) is 0 Å². The van der Waals surface area contributed by atoms with Crippen LogP contribution in [0.5, 0.6) is 0 Å². The smallest absolute Gasteiger partial charge is 0.337 e.